The lowest BCUT2D eigenvalue weighted by molar-refractivity contribution is -0.142. The highest BCUT2D eigenvalue weighted by atomic mass is 16.4. The number of hydrogen-bond donors (Lipinski definition) is 2. The number of carboxylic acid groups (broad SMARTS) is 1. The Hall–Kier alpha value is -1.89. The van der Waals surface area contributed by atoms with Crippen LogP contribution in [0.2, 0.25) is 0 Å². The van der Waals surface area contributed by atoms with E-state index in [9.17, 15) is 9.59 Å². The summed E-state index contributed by atoms with van der Waals surface area (Å²) in [6.45, 7) is 2.19. The van der Waals surface area contributed by atoms with Crippen LogP contribution in [0.1, 0.15) is 22.5 Å². The topological polar surface area (TPSA) is 101 Å². The van der Waals surface area contributed by atoms with Gasteiger partial charge in [-0.25, -0.2) is 0 Å². The minimum absolute atomic E-state index is 0.0372. The third kappa shape index (κ3) is 1.86. The molecule has 7 nitrogen and oxygen atoms in total. The van der Waals surface area contributed by atoms with Crippen molar-refractivity contribution in [2.24, 2.45) is 12.8 Å². The molecule has 1 aromatic heterocycles. The summed E-state index contributed by atoms with van der Waals surface area (Å²) in [4.78, 5) is 24.7. The van der Waals surface area contributed by atoms with Gasteiger partial charge < -0.3 is 15.7 Å². The van der Waals surface area contributed by atoms with Gasteiger partial charge in [0.05, 0.1) is 11.8 Å². The van der Waals surface area contributed by atoms with E-state index < -0.39 is 11.5 Å². The molecule has 1 aliphatic heterocycles. The van der Waals surface area contributed by atoms with E-state index in [1.54, 1.807) is 18.7 Å². The molecule has 0 bridgehead atoms. The van der Waals surface area contributed by atoms with Gasteiger partial charge in [-0.15, -0.1) is 0 Å². The molecule has 7 heteroatoms. The molecule has 1 fully saturated rings. The number of nitrogens with zero attached hydrogens (tertiary/aromatic N) is 3. The van der Waals surface area contributed by atoms with Crippen LogP contribution in [0.5, 0.6) is 0 Å². The van der Waals surface area contributed by atoms with Crippen molar-refractivity contribution in [1.29, 1.82) is 0 Å². The standard InChI is InChI=1S/C11H16N4O3/c1-7-8(5-13-14(7)2)9(16)15-4-3-11(12,6-15)10(17)18/h5H,3-4,6,12H2,1-2H3,(H,17,18). The molecule has 3 N–H and O–H groups in total. The first kappa shape index (κ1) is 12.6. The average molecular weight is 252 g/mol. The van der Waals surface area contributed by atoms with E-state index in [4.69, 9.17) is 10.8 Å². The maximum atomic E-state index is 12.2. The van der Waals surface area contributed by atoms with Gasteiger partial charge in [0.1, 0.15) is 5.54 Å². The number of likely N-dealkylation sites (tertiary alicyclic amines) is 1. The summed E-state index contributed by atoms with van der Waals surface area (Å²) in [5.74, 6) is -1.28. The van der Waals surface area contributed by atoms with E-state index in [2.05, 4.69) is 5.10 Å². The zero-order valence-electron chi connectivity index (χ0n) is 10.4. The van der Waals surface area contributed by atoms with E-state index in [1.807, 2.05) is 0 Å². The van der Waals surface area contributed by atoms with Crippen molar-refractivity contribution in [2.45, 2.75) is 18.9 Å². The van der Waals surface area contributed by atoms with Crippen LogP contribution in [-0.4, -0.2) is 50.3 Å². The number of hydrogen-bond acceptors (Lipinski definition) is 4. The summed E-state index contributed by atoms with van der Waals surface area (Å²) in [7, 11) is 1.75. The number of nitrogens with two attached hydrogens (primary N) is 1. The highest BCUT2D eigenvalue weighted by Gasteiger charge is 2.43. The molecule has 1 atom stereocenters. The summed E-state index contributed by atoms with van der Waals surface area (Å²) >= 11 is 0. The average Bonchev–Trinajstić information content (AvgIpc) is 2.85. The lowest BCUT2D eigenvalue weighted by Crippen LogP contribution is -2.50. The fraction of sp³-hybridized carbons (Fsp3) is 0.545. The van der Waals surface area contributed by atoms with Crippen LogP contribution in [0.3, 0.4) is 0 Å². The highest BCUT2D eigenvalue weighted by molar-refractivity contribution is 5.96. The number of aliphatic carboxylic acids is 1. The molecule has 2 heterocycles. The summed E-state index contributed by atoms with van der Waals surface area (Å²) in [6, 6.07) is 0. The van der Waals surface area contributed by atoms with E-state index in [0.717, 1.165) is 5.69 Å². The normalized spacial score (nSPS) is 23.4. The molecule has 1 saturated heterocycles. The predicted molar refractivity (Wildman–Crippen MR) is 63.0 cm³/mol. The Morgan fingerprint density at radius 1 is 1.56 bits per heavy atom. The molecular weight excluding hydrogens is 236 g/mol. The first-order valence-corrected chi connectivity index (χ1v) is 5.65. The molecule has 2 rings (SSSR count). The van der Waals surface area contributed by atoms with Crippen molar-refractivity contribution in [3.8, 4) is 0 Å². The Morgan fingerprint density at radius 2 is 2.22 bits per heavy atom. The van der Waals surface area contributed by atoms with Crippen LogP contribution in [0.15, 0.2) is 6.20 Å². The Kier molecular flexibility index (Phi) is 2.86. The smallest absolute Gasteiger partial charge is 0.325 e. The van der Waals surface area contributed by atoms with Gasteiger partial charge in [0, 0.05) is 25.8 Å². The highest BCUT2D eigenvalue weighted by Crippen LogP contribution is 2.21. The van der Waals surface area contributed by atoms with Gasteiger partial charge in [0.15, 0.2) is 0 Å². The molecule has 0 aliphatic carbocycles. The van der Waals surface area contributed by atoms with Crippen molar-refractivity contribution in [3.05, 3.63) is 17.5 Å². The van der Waals surface area contributed by atoms with Crippen LogP contribution in [0.25, 0.3) is 0 Å². The third-order valence-electron chi connectivity index (χ3n) is 3.48. The molecule has 0 aromatic carbocycles. The van der Waals surface area contributed by atoms with Gasteiger partial charge >= 0.3 is 5.97 Å². The molecule has 98 valence electrons. The molecule has 1 unspecified atom stereocenters. The largest absolute Gasteiger partial charge is 0.480 e. The van der Waals surface area contributed by atoms with E-state index in [0.29, 0.717) is 12.1 Å². The van der Waals surface area contributed by atoms with E-state index in [-0.39, 0.29) is 18.9 Å². The first-order chi connectivity index (χ1) is 8.35. The Balaban J connectivity index is 2.18. The van der Waals surface area contributed by atoms with Gasteiger partial charge in [0.25, 0.3) is 5.91 Å². The van der Waals surface area contributed by atoms with Crippen molar-refractivity contribution in [1.82, 2.24) is 14.7 Å². The molecule has 0 radical (unpaired) electrons. The van der Waals surface area contributed by atoms with Gasteiger partial charge in [-0.2, -0.15) is 5.10 Å². The minimum atomic E-state index is -1.33. The number of carboxylic acids is 1. The van der Waals surface area contributed by atoms with Gasteiger partial charge in [-0.1, -0.05) is 0 Å². The molecule has 1 aromatic rings. The Morgan fingerprint density at radius 3 is 2.67 bits per heavy atom. The molecule has 1 aliphatic rings. The van der Waals surface area contributed by atoms with Crippen molar-refractivity contribution in [3.63, 3.8) is 0 Å². The number of aromatic nitrogens is 2. The van der Waals surface area contributed by atoms with Crippen molar-refractivity contribution in [2.75, 3.05) is 13.1 Å². The zero-order chi connectivity index (χ0) is 13.5. The fourth-order valence-electron chi connectivity index (χ4n) is 2.06. The fourth-order valence-corrected chi connectivity index (χ4v) is 2.06. The summed E-state index contributed by atoms with van der Waals surface area (Å²) < 4.78 is 1.61. The van der Waals surface area contributed by atoms with Crippen LogP contribution in [0, 0.1) is 6.92 Å². The minimum Gasteiger partial charge on any atom is -0.480 e. The zero-order valence-corrected chi connectivity index (χ0v) is 10.4. The van der Waals surface area contributed by atoms with Crippen LogP contribution in [-0.2, 0) is 11.8 Å². The van der Waals surface area contributed by atoms with Crippen LogP contribution in [0.4, 0.5) is 0 Å². The van der Waals surface area contributed by atoms with E-state index >= 15 is 0 Å². The maximum Gasteiger partial charge on any atom is 0.325 e. The second-order valence-electron chi connectivity index (χ2n) is 4.71. The van der Waals surface area contributed by atoms with Crippen molar-refractivity contribution < 1.29 is 14.7 Å². The summed E-state index contributed by atoms with van der Waals surface area (Å²) in [6.07, 6.45) is 1.77. The van der Waals surface area contributed by atoms with E-state index in [1.165, 1.54) is 11.1 Å². The molecule has 1 amide bonds. The third-order valence-corrected chi connectivity index (χ3v) is 3.48. The Labute approximate surface area is 104 Å². The SMILES string of the molecule is Cc1c(C(=O)N2CCC(N)(C(=O)O)C2)cnn1C. The second kappa shape index (κ2) is 4.09. The number of aryl methyl sites for hydroxylation is 1. The van der Waals surface area contributed by atoms with Crippen LogP contribution < -0.4 is 5.73 Å². The lowest BCUT2D eigenvalue weighted by atomic mass is 10.0. The number of carbonyl (C=O) groups excluding carboxylic acids is 1. The molecule has 0 spiro atoms. The summed E-state index contributed by atoms with van der Waals surface area (Å²) in [5, 5.41) is 13.0. The molecule has 0 saturated carbocycles. The number of amides is 1. The maximum absolute atomic E-state index is 12.2. The van der Waals surface area contributed by atoms with Crippen LogP contribution >= 0.6 is 0 Å². The van der Waals surface area contributed by atoms with Gasteiger partial charge in [-0.05, 0) is 13.3 Å². The second-order valence-corrected chi connectivity index (χ2v) is 4.71. The predicted octanol–water partition coefficient (Wildman–Crippen LogP) is -0.643. The quantitative estimate of drug-likeness (QED) is 0.728. The lowest BCUT2D eigenvalue weighted by Gasteiger charge is -2.19. The monoisotopic (exact) mass is 252 g/mol. The first-order valence-electron chi connectivity index (χ1n) is 5.65. The van der Waals surface area contributed by atoms with Gasteiger partial charge in [0.2, 0.25) is 0 Å². The Bertz CT molecular complexity index is 510. The van der Waals surface area contributed by atoms with Crippen molar-refractivity contribution >= 4 is 11.9 Å². The number of rotatable bonds is 2. The molecule has 18 heavy (non-hydrogen) atoms. The van der Waals surface area contributed by atoms with Gasteiger partial charge in [-0.3, -0.25) is 14.3 Å². The summed E-state index contributed by atoms with van der Waals surface area (Å²) in [5.41, 5.74) is 5.66. The molecular formula is C11H16N4O3. The number of carbonyl (C=O) groups is 2.